The highest BCUT2D eigenvalue weighted by atomic mass is 16.5. The number of hydrogen-bond acceptors (Lipinski definition) is 2. The van der Waals surface area contributed by atoms with Gasteiger partial charge in [-0.25, -0.2) is 4.79 Å². The molecule has 1 fully saturated rings. The normalized spacial score (nSPS) is 21.1. The lowest BCUT2D eigenvalue weighted by molar-refractivity contribution is 0.145. The number of aryl methyl sites for hydroxylation is 2. The zero-order valence-electron chi connectivity index (χ0n) is 14.9. The highest BCUT2D eigenvalue weighted by Crippen LogP contribution is 2.22. The van der Waals surface area contributed by atoms with Gasteiger partial charge >= 0.3 is 6.03 Å². The molecule has 1 heterocycles. The number of urea groups is 1. The van der Waals surface area contributed by atoms with Gasteiger partial charge in [0.2, 0.25) is 0 Å². The Bertz CT molecular complexity index is 500. The molecule has 23 heavy (non-hydrogen) atoms. The van der Waals surface area contributed by atoms with E-state index in [1.807, 2.05) is 11.0 Å². The third-order valence-corrected chi connectivity index (χ3v) is 4.41. The third-order valence-electron chi connectivity index (χ3n) is 4.41. The standard InChI is InChI=1S/C19H30N2O2/c1-14-11-15(2)13-21(12-14)19(22)20-9-6-10-23-18-16(3)7-5-8-17(18)4/h5,7-8,14-15H,6,9-13H2,1-4H3,(H,20,22). The Kier molecular flexibility index (Phi) is 6.31. The molecule has 0 aromatic heterocycles. The van der Waals surface area contributed by atoms with Gasteiger partial charge in [0.1, 0.15) is 5.75 Å². The maximum Gasteiger partial charge on any atom is 0.317 e. The molecule has 1 aromatic carbocycles. The second kappa shape index (κ2) is 8.23. The van der Waals surface area contributed by atoms with Crippen molar-refractivity contribution in [3.8, 4) is 5.75 Å². The van der Waals surface area contributed by atoms with Crippen molar-refractivity contribution < 1.29 is 9.53 Å². The summed E-state index contributed by atoms with van der Waals surface area (Å²) in [5.41, 5.74) is 2.32. The summed E-state index contributed by atoms with van der Waals surface area (Å²) >= 11 is 0. The van der Waals surface area contributed by atoms with Gasteiger partial charge in [-0.2, -0.15) is 0 Å². The van der Waals surface area contributed by atoms with Crippen molar-refractivity contribution in [3.63, 3.8) is 0 Å². The van der Waals surface area contributed by atoms with Gasteiger partial charge in [-0.3, -0.25) is 0 Å². The molecule has 2 atom stereocenters. The number of carbonyl (C=O) groups is 1. The molecular formula is C19H30N2O2. The minimum absolute atomic E-state index is 0.0653. The van der Waals surface area contributed by atoms with Gasteiger partial charge in [-0.05, 0) is 49.7 Å². The summed E-state index contributed by atoms with van der Waals surface area (Å²) < 4.78 is 5.86. The first-order valence-electron chi connectivity index (χ1n) is 8.69. The molecule has 1 N–H and O–H groups in total. The Morgan fingerprint density at radius 1 is 1.22 bits per heavy atom. The summed E-state index contributed by atoms with van der Waals surface area (Å²) in [6.07, 6.45) is 2.03. The van der Waals surface area contributed by atoms with E-state index in [9.17, 15) is 4.79 Å². The van der Waals surface area contributed by atoms with Crippen molar-refractivity contribution in [2.24, 2.45) is 11.8 Å². The van der Waals surface area contributed by atoms with Crippen LogP contribution in [-0.4, -0.2) is 37.2 Å². The molecule has 1 aliphatic rings. The average molecular weight is 318 g/mol. The topological polar surface area (TPSA) is 41.6 Å². The minimum Gasteiger partial charge on any atom is -0.493 e. The van der Waals surface area contributed by atoms with E-state index in [0.717, 1.165) is 36.4 Å². The molecule has 2 rings (SSSR count). The van der Waals surface area contributed by atoms with Crippen molar-refractivity contribution in [1.82, 2.24) is 10.2 Å². The van der Waals surface area contributed by atoms with Crippen LogP contribution in [-0.2, 0) is 0 Å². The molecule has 1 aromatic rings. The third kappa shape index (κ3) is 5.15. The maximum atomic E-state index is 12.2. The Hall–Kier alpha value is -1.71. The maximum absolute atomic E-state index is 12.2. The number of nitrogens with zero attached hydrogens (tertiary/aromatic N) is 1. The van der Waals surface area contributed by atoms with Crippen LogP contribution in [0.1, 0.15) is 37.8 Å². The lowest BCUT2D eigenvalue weighted by Gasteiger charge is -2.34. The van der Waals surface area contributed by atoms with Crippen molar-refractivity contribution in [3.05, 3.63) is 29.3 Å². The fourth-order valence-electron chi connectivity index (χ4n) is 3.41. The van der Waals surface area contributed by atoms with E-state index in [1.54, 1.807) is 0 Å². The second-order valence-electron chi connectivity index (χ2n) is 7.01. The van der Waals surface area contributed by atoms with Gasteiger partial charge < -0.3 is 15.0 Å². The van der Waals surface area contributed by atoms with Crippen LogP contribution in [0, 0.1) is 25.7 Å². The summed E-state index contributed by atoms with van der Waals surface area (Å²) in [6, 6.07) is 6.22. The predicted molar refractivity (Wildman–Crippen MR) is 93.9 cm³/mol. The lowest BCUT2D eigenvalue weighted by atomic mass is 9.92. The predicted octanol–water partition coefficient (Wildman–Crippen LogP) is 3.76. The molecule has 0 spiro atoms. The summed E-state index contributed by atoms with van der Waals surface area (Å²) in [5.74, 6) is 2.16. The van der Waals surface area contributed by atoms with E-state index < -0.39 is 0 Å². The van der Waals surface area contributed by atoms with Gasteiger partial charge in [-0.15, -0.1) is 0 Å². The fraction of sp³-hybridized carbons (Fsp3) is 0.632. The quantitative estimate of drug-likeness (QED) is 0.840. The molecule has 2 unspecified atom stereocenters. The van der Waals surface area contributed by atoms with Crippen LogP contribution in [0.15, 0.2) is 18.2 Å². The molecule has 4 nitrogen and oxygen atoms in total. The minimum atomic E-state index is 0.0653. The molecule has 0 radical (unpaired) electrons. The van der Waals surface area contributed by atoms with Crippen LogP contribution < -0.4 is 10.1 Å². The van der Waals surface area contributed by atoms with Crippen LogP contribution in [0.2, 0.25) is 0 Å². The number of nitrogens with one attached hydrogen (secondary N) is 1. The Morgan fingerprint density at radius 2 is 1.83 bits per heavy atom. The first kappa shape index (κ1) is 17.6. The first-order valence-corrected chi connectivity index (χ1v) is 8.69. The van der Waals surface area contributed by atoms with E-state index in [2.05, 4.69) is 45.1 Å². The number of amides is 2. The molecule has 2 amide bonds. The van der Waals surface area contributed by atoms with E-state index in [-0.39, 0.29) is 6.03 Å². The Balaban J connectivity index is 1.68. The van der Waals surface area contributed by atoms with Crippen LogP contribution in [0.4, 0.5) is 4.79 Å². The van der Waals surface area contributed by atoms with Gasteiger partial charge in [0.15, 0.2) is 0 Å². The van der Waals surface area contributed by atoms with Crippen molar-refractivity contribution >= 4 is 6.03 Å². The fourth-order valence-corrected chi connectivity index (χ4v) is 3.41. The van der Waals surface area contributed by atoms with Crippen LogP contribution >= 0.6 is 0 Å². The van der Waals surface area contributed by atoms with E-state index in [0.29, 0.717) is 25.0 Å². The van der Waals surface area contributed by atoms with Crippen LogP contribution in [0.25, 0.3) is 0 Å². The molecule has 4 heteroatoms. The number of piperidine rings is 1. The van der Waals surface area contributed by atoms with E-state index in [4.69, 9.17) is 4.74 Å². The Labute approximate surface area is 140 Å². The summed E-state index contributed by atoms with van der Waals surface area (Å²) in [7, 11) is 0. The second-order valence-corrected chi connectivity index (χ2v) is 7.01. The molecular weight excluding hydrogens is 288 g/mol. The molecule has 0 saturated carbocycles. The van der Waals surface area contributed by atoms with Crippen LogP contribution in [0.3, 0.4) is 0 Å². The number of carbonyl (C=O) groups excluding carboxylic acids is 1. The first-order chi connectivity index (χ1) is 11.0. The smallest absolute Gasteiger partial charge is 0.317 e. The summed E-state index contributed by atoms with van der Waals surface area (Å²) in [5, 5.41) is 3.02. The highest BCUT2D eigenvalue weighted by Gasteiger charge is 2.24. The molecule has 0 aliphatic carbocycles. The zero-order valence-corrected chi connectivity index (χ0v) is 14.9. The Morgan fingerprint density at radius 3 is 2.43 bits per heavy atom. The molecule has 1 aliphatic heterocycles. The van der Waals surface area contributed by atoms with Crippen molar-refractivity contribution in [2.45, 2.75) is 40.5 Å². The largest absolute Gasteiger partial charge is 0.493 e. The average Bonchev–Trinajstić information content (AvgIpc) is 2.48. The molecule has 1 saturated heterocycles. The van der Waals surface area contributed by atoms with E-state index >= 15 is 0 Å². The number of hydrogen-bond donors (Lipinski definition) is 1. The van der Waals surface area contributed by atoms with Gasteiger partial charge in [-0.1, -0.05) is 32.0 Å². The molecule has 0 bridgehead atoms. The lowest BCUT2D eigenvalue weighted by Crippen LogP contribution is -2.47. The number of para-hydroxylation sites is 1. The zero-order chi connectivity index (χ0) is 16.8. The summed E-state index contributed by atoms with van der Waals surface area (Å²) in [6.45, 7) is 11.6. The highest BCUT2D eigenvalue weighted by molar-refractivity contribution is 5.74. The summed E-state index contributed by atoms with van der Waals surface area (Å²) in [4.78, 5) is 14.2. The number of rotatable bonds is 5. The number of benzene rings is 1. The molecule has 128 valence electrons. The number of likely N-dealkylation sites (tertiary alicyclic amines) is 1. The van der Waals surface area contributed by atoms with Gasteiger partial charge in [0.25, 0.3) is 0 Å². The monoisotopic (exact) mass is 318 g/mol. The van der Waals surface area contributed by atoms with Crippen LogP contribution in [0.5, 0.6) is 5.75 Å². The van der Waals surface area contributed by atoms with Gasteiger partial charge in [0, 0.05) is 19.6 Å². The van der Waals surface area contributed by atoms with E-state index in [1.165, 1.54) is 6.42 Å². The number of ether oxygens (including phenoxy) is 1. The van der Waals surface area contributed by atoms with Crippen molar-refractivity contribution in [1.29, 1.82) is 0 Å². The van der Waals surface area contributed by atoms with Gasteiger partial charge in [0.05, 0.1) is 6.61 Å². The van der Waals surface area contributed by atoms with Crippen molar-refractivity contribution in [2.75, 3.05) is 26.2 Å². The SMILES string of the molecule is Cc1cccc(C)c1OCCCNC(=O)N1CC(C)CC(C)C1.